The molecule has 0 radical (unpaired) electrons. The van der Waals surface area contributed by atoms with Gasteiger partial charge < -0.3 is 9.47 Å². The van der Waals surface area contributed by atoms with E-state index in [1.165, 1.54) is 0 Å². The summed E-state index contributed by atoms with van der Waals surface area (Å²) < 4.78 is 92.2. The van der Waals surface area contributed by atoms with E-state index >= 15 is 0 Å². The van der Waals surface area contributed by atoms with Crippen molar-refractivity contribution in [3.63, 3.8) is 0 Å². The topological polar surface area (TPSA) is 31.4 Å². The van der Waals surface area contributed by atoms with Gasteiger partial charge in [0.05, 0.1) is 6.20 Å². The van der Waals surface area contributed by atoms with Gasteiger partial charge in [0.1, 0.15) is 0 Å². The average Bonchev–Trinajstić information content (AvgIpc) is 2.24. The molecule has 0 aromatic carbocycles. The van der Waals surface area contributed by atoms with Gasteiger partial charge >= 0.3 is 12.4 Å². The number of hydrogen-bond acceptors (Lipinski definition) is 3. The van der Waals surface area contributed by atoms with E-state index in [1.54, 1.807) is 0 Å². The molecule has 0 fully saturated rings. The van der Waals surface area contributed by atoms with Gasteiger partial charge in [-0.15, -0.1) is 0 Å². The molecule has 108 valence electrons. The van der Waals surface area contributed by atoms with Crippen molar-refractivity contribution >= 4 is 0 Å². The summed E-state index contributed by atoms with van der Waals surface area (Å²) in [4.78, 5) is 3.13. The van der Waals surface area contributed by atoms with Gasteiger partial charge in [-0.05, 0) is 0 Å². The van der Waals surface area contributed by atoms with Crippen LogP contribution in [0.2, 0.25) is 0 Å². The van der Waals surface area contributed by atoms with E-state index in [9.17, 15) is 30.7 Å². The molecule has 0 aliphatic rings. The number of alkyl halides is 6. The Morgan fingerprint density at radius 2 is 1.47 bits per heavy atom. The molecule has 3 nitrogen and oxygen atoms in total. The molecule has 0 saturated heterocycles. The zero-order valence-electron chi connectivity index (χ0n) is 8.98. The lowest BCUT2D eigenvalue weighted by molar-refractivity contribution is -0.154. The molecule has 19 heavy (non-hydrogen) atoms. The number of nitrogens with zero attached hydrogens (tertiary/aromatic N) is 1. The average molecular weight is 293 g/mol. The molecule has 0 atom stereocenters. The normalized spacial score (nSPS) is 12.4. The minimum atomic E-state index is -4.71. The molecule has 0 aliphatic heterocycles. The Hall–Kier alpha value is -1.74. The fourth-order valence-electron chi connectivity index (χ4n) is 0.907. The highest BCUT2D eigenvalue weighted by Crippen LogP contribution is 2.25. The van der Waals surface area contributed by atoms with Crippen LogP contribution in [0.1, 0.15) is 0 Å². The maximum atomic E-state index is 13.0. The Kier molecular flexibility index (Phi) is 4.43. The number of aromatic nitrogens is 1. The highest BCUT2D eigenvalue weighted by atomic mass is 19.4. The van der Waals surface area contributed by atoms with Crippen LogP contribution < -0.4 is 9.47 Å². The monoisotopic (exact) mass is 293 g/mol. The van der Waals surface area contributed by atoms with Crippen molar-refractivity contribution in [1.29, 1.82) is 0 Å². The molecule has 0 amide bonds. The number of halogens is 7. The van der Waals surface area contributed by atoms with E-state index in [2.05, 4.69) is 14.5 Å². The molecule has 0 unspecified atom stereocenters. The van der Waals surface area contributed by atoms with Gasteiger partial charge in [-0.2, -0.15) is 26.3 Å². The van der Waals surface area contributed by atoms with Crippen LogP contribution in [0.4, 0.5) is 30.7 Å². The zero-order chi connectivity index (χ0) is 14.7. The van der Waals surface area contributed by atoms with Crippen LogP contribution in [0.3, 0.4) is 0 Å². The fourth-order valence-corrected chi connectivity index (χ4v) is 0.907. The third kappa shape index (κ3) is 6.11. The predicted molar refractivity (Wildman–Crippen MR) is 47.3 cm³/mol. The minimum Gasteiger partial charge on any atom is -0.481 e. The molecule has 1 rings (SSSR count). The second-order valence-electron chi connectivity index (χ2n) is 3.26. The first-order valence-electron chi connectivity index (χ1n) is 4.61. The maximum Gasteiger partial charge on any atom is 0.422 e. The molecule has 1 aromatic rings. The van der Waals surface area contributed by atoms with Crippen LogP contribution in [-0.2, 0) is 0 Å². The first-order valence-corrected chi connectivity index (χ1v) is 4.61. The Morgan fingerprint density at radius 1 is 0.947 bits per heavy atom. The van der Waals surface area contributed by atoms with Crippen molar-refractivity contribution in [3.05, 3.63) is 18.1 Å². The van der Waals surface area contributed by atoms with Gasteiger partial charge in [0.2, 0.25) is 5.88 Å². The second kappa shape index (κ2) is 5.49. The number of hydrogen-bond donors (Lipinski definition) is 0. The molecule has 0 spiro atoms. The van der Waals surface area contributed by atoms with Crippen LogP contribution in [0.15, 0.2) is 12.3 Å². The second-order valence-corrected chi connectivity index (χ2v) is 3.26. The van der Waals surface area contributed by atoms with Crippen molar-refractivity contribution in [2.24, 2.45) is 0 Å². The van der Waals surface area contributed by atoms with Gasteiger partial charge in [-0.1, -0.05) is 0 Å². The van der Waals surface area contributed by atoms with Crippen molar-refractivity contribution < 1.29 is 40.2 Å². The Balaban J connectivity index is 2.71. The number of rotatable bonds is 4. The lowest BCUT2D eigenvalue weighted by Gasteiger charge is -2.12. The smallest absolute Gasteiger partial charge is 0.422 e. The van der Waals surface area contributed by atoms with Gasteiger partial charge in [0.15, 0.2) is 24.8 Å². The molecule has 0 saturated carbocycles. The quantitative estimate of drug-likeness (QED) is 0.799. The predicted octanol–water partition coefficient (Wildman–Crippen LogP) is 3.10. The highest BCUT2D eigenvalue weighted by Gasteiger charge is 2.30. The number of pyridine rings is 1. The third-order valence-electron chi connectivity index (χ3n) is 1.57. The fraction of sp³-hybridized carbons (Fsp3) is 0.444. The Morgan fingerprint density at radius 3 is 2.00 bits per heavy atom. The molecular weight excluding hydrogens is 287 g/mol. The van der Waals surface area contributed by atoms with Gasteiger partial charge in [-0.25, -0.2) is 9.37 Å². The lowest BCUT2D eigenvalue weighted by Crippen LogP contribution is -2.21. The summed E-state index contributed by atoms with van der Waals surface area (Å²) in [6.45, 7) is -3.49. The summed E-state index contributed by atoms with van der Waals surface area (Å²) in [7, 11) is 0. The van der Waals surface area contributed by atoms with E-state index in [0.29, 0.717) is 12.3 Å². The zero-order valence-corrected chi connectivity index (χ0v) is 8.98. The number of ether oxygens (including phenoxy) is 2. The molecule has 0 aliphatic carbocycles. The van der Waals surface area contributed by atoms with Crippen LogP contribution in [0.25, 0.3) is 0 Å². The van der Waals surface area contributed by atoms with E-state index < -0.39 is 43.0 Å². The molecule has 1 heterocycles. The molecular formula is C9H6F7NO2. The molecule has 10 heteroatoms. The van der Waals surface area contributed by atoms with Crippen molar-refractivity contribution in [2.45, 2.75) is 12.4 Å². The molecule has 1 aromatic heterocycles. The molecule has 0 N–H and O–H groups in total. The standard InChI is InChI=1S/C9H6F7NO2/c10-5-2-17-7(19-4-9(14,15)16)1-6(5)18-3-8(11,12)13/h1-2H,3-4H2. The van der Waals surface area contributed by atoms with Gasteiger partial charge in [0, 0.05) is 6.07 Å². The van der Waals surface area contributed by atoms with Crippen LogP contribution in [0.5, 0.6) is 11.6 Å². The van der Waals surface area contributed by atoms with Crippen LogP contribution in [-0.4, -0.2) is 30.6 Å². The SMILES string of the molecule is Fc1cnc(OCC(F)(F)F)cc1OCC(F)(F)F. The summed E-state index contributed by atoms with van der Waals surface area (Å²) in [6, 6.07) is 0.507. The lowest BCUT2D eigenvalue weighted by atomic mass is 10.4. The summed E-state index contributed by atoms with van der Waals surface area (Å²) in [5.74, 6) is -2.84. The van der Waals surface area contributed by atoms with Gasteiger partial charge in [0.25, 0.3) is 0 Å². The van der Waals surface area contributed by atoms with Crippen molar-refractivity contribution in [2.75, 3.05) is 13.2 Å². The maximum absolute atomic E-state index is 13.0. The first kappa shape index (κ1) is 15.3. The van der Waals surface area contributed by atoms with Crippen molar-refractivity contribution in [1.82, 2.24) is 4.98 Å². The van der Waals surface area contributed by atoms with Crippen LogP contribution >= 0.6 is 0 Å². The Labute approximate surface area is 101 Å². The van der Waals surface area contributed by atoms with Crippen molar-refractivity contribution in [3.8, 4) is 11.6 Å². The first-order chi connectivity index (χ1) is 8.57. The summed E-state index contributed by atoms with van der Waals surface area (Å²) in [6.07, 6.45) is -8.96. The minimum absolute atomic E-state index is 0.400. The summed E-state index contributed by atoms with van der Waals surface area (Å²) >= 11 is 0. The van der Waals surface area contributed by atoms with Crippen LogP contribution in [0, 0.1) is 5.82 Å². The summed E-state index contributed by atoms with van der Waals surface area (Å²) in [5.41, 5.74) is 0. The summed E-state index contributed by atoms with van der Waals surface area (Å²) in [5, 5.41) is 0. The van der Waals surface area contributed by atoms with E-state index in [0.717, 1.165) is 0 Å². The third-order valence-corrected chi connectivity index (χ3v) is 1.57. The van der Waals surface area contributed by atoms with E-state index in [-0.39, 0.29) is 0 Å². The Bertz CT molecular complexity index is 430. The largest absolute Gasteiger partial charge is 0.481 e. The van der Waals surface area contributed by atoms with Gasteiger partial charge in [-0.3, -0.25) is 0 Å². The highest BCUT2D eigenvalue weighted by molar-refractivity contribution is 5.28. The van der Waals surface area contributed by atoms with E-state index in [1.807, 2.05) is 0 Å². The van der Waals surface area contributed by atoms with E-state index in [4.69, 9.17) is 0 Å². The molecule has 0 bridgehead atoms.